The van der Waals surface area contributed by atoms with Crippen LogP contribution in [0, 0.1) is 6.92 Å². The van der Waals surface area contributed by atoms with Crippen LogP contribution in [0.4, 0.5) is 0 Å². The first-order valence-corrected chi connectivity index (χ1v) is 10.6. The fourth-order valence-electron chi connectivity index (χ4n) is 3.94. The molecule has 0 atom stereocenters. The maximum Gasteiger partial charge on any atom is 0.204 e. The van der Waals surface area contributed by atoms with Crippen LogP contribution in [0.15, 0.2) is 51.4 Å². The summed E-state index contributed by atoms with van der Waals surface area (Å²) >= 11 is 0. The lowest BCUT2D eigenvalue weighted by Gasteiger charge is -2.30. The normalized spacial score (nSPS) is 14.1. The highest BCUT2D eigenvalue weighted by Crippen LogP contribution is 2.45. The van der Waals surface area contributed by atoms with Crippen molar-refractivity contribution in [2.45, 2.75) is 46.6 Å². The fourth-order valence-corrected chi connectivity index (χ4v) is 3.94. The van der Waals surface area contributed by atoms with Gasteiger partial charge in [0.2, 0.25) is 5.43 Å². The van der Waals surface area contributed by atoms with Gasteiger partial charge in [0.25, 0.3) is 0 Å². The Hall–Kier alpha value is -3.47. The summed E-state index contributed by atoms with van der Waals surface area (Å²) in [6, 6.07) is 5.54. The third-order valence-corrected chi connectivity index (χ3v) is 5.73. The molecular weight excluding hydrogens is 404 g/mol. The Labute approximate surface area is 187 Å². The molecule has 0 bridgehead atoms. The summed E-state index contributed by atoms with van der Waals surface area (Å²) in [6.45, 7) is 9.82. The van der Waals surface area contributed by atoms with Crippen LogP contribution in [0.3, 0.4) is 0 Å². The molecule has 0 radical (unpaired) electrons. The summed E-state index contributed by atoms with van der Waals surface area (Å²) in [7, 11) is 1.59. The van der Waals surface area contributed by atoms with Crippen molar-refractivity contribution in [3.05, 3.63) is 69.1 Å². The van der Waals surface area contributed by atoms with Gasteiger partial charge in [-0.3, -0.25) is 4.79 Å². The maximum atomic E-state index is 13.6. The molecular formula is C27H28O5. The number of aromatic hydroxyl groups is 1. The van der Waals surface area contributed by atoms with Crippen molar-refractivity contribution in [1.82, 2.24) is 0 Å². The first-order valence-electron chi connectivity index (χ1n) is 10.6. The second-order valence-electron chi connectivity index (χ2n) is 8.96. The number of fused-ring (bicyclic) bond motifs is 3. The minimum atomic E-state index is -0.536. The summed E-state index contributed by atoms with van der Waals surface area (Å²) < 4.78 is 17.6. The van der Waals surface area contributed by atoms with Crippen LogP contribution in [0.25, 0.3) is 28.2 Å². The van der Waals surface area contributed by atoms with Gasteiger partial charge in [-0.1, -0.05) is 23.8 Å². The number of aryl methyl sites for hydroxylation is 1. The average molecular weight is 433 g/mol. The van der Waals surface area contributed by atoms with Crippen LogP contribution in [-0.2, 0) is 6.42 Å². The van der Waals surface area contributed by atoms with E-state index in [0.29, 0.717) is 45.8 Å². The minimum absolute atomic E-state index is 0.1000. The second kappa shape index (κ2) is 7.90. The first kappa shape index (κ1) is 21.8. The molecule has 1 aliphatic heterocycles. The molecule has 1 aromatic heterocycles. The van der Waals surface area contributed by atoms with Crippen LogP contribution < -0.4 is 14.9 Å². The van der Waals surface area contributed by atoms with Crippen molar-refractivity contribution in [3.63, 3.8) is 0 Å². The monoisotopic (exact) mass is 432 g/mol. The molecule has 1 aliphatic rings. The van der Waals surface area contributed by atoms with E-state index in [9.17, 15) is 9.90 Å². The molecule has 0 spiro atoms. The summed E-state index contributed by atoms with van der Waals surface area (Å²) in [4.78, 5) is 13.6. The Morgan fingerprint density at radius 2 is 2.00 bits per heavy atom. The van der Waals surface area contributed by atoms with Gasteiger partial charge in [0.1, 0.15) is 34.5 Å². The largest absolute Gasteiger partial charge is 0.507 e. The molecule has 2 heterocycles. The van der Waals surface area contributed by atoms with Crippen molar-refractivity contribution < 1.29 is 19.0 Å². The highest BCUT2D eigenvalue weighted by atomic mass is 16.5. The van der Waals surface area contributed by atoms with E-state index in [1.807, 2.05) is 65.0 Å². The van der Waals surface area contributed by atoms with E-state index in [0.717, 1.165) is 11.1 Å². The molecule has 5 nitrogen and oxygen atoms in total. The lowest BCUT2D eigenvalue weighted by molar-refractivity contribution is 0.157. The highest BCUT2D eigenvalue weighted by molar-refractivity contribution is 5.97. The molecule has 4 rings (SSSR count). The molecule has 0 fully saturated rings. The molecule has 1 N–H and O–H groups in total. The predicted octanol–water partition coefficient (Wildman–Crippen LogP) is 6.18. The summed E-state index contributed by atoms with van der Waals surface area (Å²) in [5.74, 6) is 1.13. The molecule has 166 valence electrons. The smallest absolute Gasteiger partial charge is 0.204 e. The van der Waals surface area contributed by atoms with Crippen molar-refractivity contribution in [2.75, 3.05) is 7.11 Å². The van der Waals surface area contributed by atoms with Crippen LogP contribution in [0.5, 0.6) is 17.2 Å². The Kier molecular flexibility index (Phi) is 5.37. The average Bonchev–Trinajstić information content (AvgIpc) is 2.73. The predicted molar refractivity (Wildman–Crippen MR) is 128 cm³/mol. The van der Waals surface area contributed by atoms with Gasteiger partial charge in [-0.2, -0.15) is 0 Å². The topological polar surface area (TPSA) is 68.9 Å². The van der Waals surface area contributed by atoms with E-state index >= 15 is 0 Å². The number of methoxy groups -OCH3 is 1. The SMILES string of the molecule is COc1cc(-c2coc3c4c(c(CC=C(C)C)c(O)c3c2=O)OC(C)(C)C=C4)ccc1C. The number of phenols is 1. The number of benzene rings is 2. The molecule has 0 unspecified atom stereocenters. The number of hydrogen-bond donors (Lipinski definition) is 1. The van der Waals surface area contributed by atoms with E-state index in [4.69, 9.17) is 13.9 Å². The zero-order chi connectivity index (χ0) is 23.2. The molecule has 0 amide bonds. The minimum Gasteiger partial charge on any atom is -0.507 e. The van der Waals surface area contributed by atoms with Crippen LogP contribution in [0.1, 0.15) is 44.4 Å². The zero-order valence-electron chi connectivity index (χ0n) is 19.3. The standard InChI is InChI=1S/C27H28O5/c1-15(2)7-10-18-23(28)22-24(29)20(17-9-8-16(3)21(13-17)30-6)14-31-26(22)19-11-12-27(4,5)32-25(18)19/h7-9,11-14,28H,10H2,1-6H3. The number of ether oxygens (including phenoxy) is 2. The fraction of sp³-hybridized carbons (Fsp3) is 0.296. The molecule has 32 heavy (non-hydrogen) atoms. The third-order valence-electron chi connectivity index (χ3n) is 5.73. The van der Waals surface area contributed by atoms with E-state index in [-0.39, 0.29) is 16.6 Å². The summed E-state index contributed by atoms with van der Waals surface area (Å²) in [6.07, 6.45) is 7.72. The Morgan fingerprint density at radius 3 is 2.69 bits per heavy atom. The van der Waals surface area contributed by atoms with E-state index in [1.54, 1.807) is 13.2 Å². The van der Waals surface area contributed by atoms with Gasteiger partial charge in [-0.25, -0.2) is 0 Å². The van der Waals surface area contributed by atoms with Crippen LogP contribution in [-0.4, -0.2) is 17.8 Å². The van der Waals surface area contributed by atoms with Crippen LogP contribution in [0.2, 0.25) is 0 Å². The first-order chi connectivity index (χ1) is 15.1. The van der Waals surface area contributed by atoms with Gasteiger partial charge >= 0.3 is 0 Å². The zero-order valence-corrected chi connectivity index (χ0v) is 19.3. The maximum absolute atomic E-state index is 13.6. The van der Waals surface area contributed by atoms with E-state index in [1.165, 1.54) is 6.26 Å². The van der Waals surface area contributed by atoms with Crippen molar-refractivity contribution in [3.8, 4) is 28.4 Å². The van der Waals surface area contributed by atoms with Gasteiger partial charge < -0.3 is 19.0 Å². The Balaban J connectivity index is 2.03. The second-order valence-corrected chi connectivity index (χ2v) is 8.96. The molecule has 0 aliphatic carbocycles. The van der Waals surface area contributed by atoms with Gasteiger partial charge in [0.05, 0.1) is 18.2 Å². The van der Waals surface area contributed by atoms with Crippen molar-refractivity contribution in [1.29, 1.82) is 0 Å². The van der Waals surface area contributed by atoms with Gasteiger partial charge in [0, 0.05) is 5.56 Å². The Bertz CT molecular complexity index is 1330. The van der Waals surface area contributed by atoms with E-state index in [2.05, 4.69) is 0 Å². The van der Waals surface area contributed by atoms with Gasteiger partial charge in [-0.05, 0) is 70.4 Å². The lowest BCUT2D eigenvalue weighted by Crippen LogP contribution is -2.28. The molecule has 5 heteroatoms. The third kappa shape index (κ3) is 3.68. The molecule has 2 aromatic carbocycles. The van der Waals surface area contributed by atoms with Crippen LogP contribution >= 0.6 is 0 Å². The quantitative estimate of drug-likeness (QED) is 0.499. The highest BCUT2D eigenvalue weighted by Gasteiger charge is 2.30. The number of allylic oxidation sites excluding steroid dienone is 2. The molecule has 0 saturated carbocycles. The number of phenolic OH excluding ortho intramolecular Hbond substituents is 1. The molecule has 3 aromatic rings. The lowest BCUT2D eigenvalue weighted by atomic mass is 9.93. The number of hydrogen-bond acceptors (Lipinski definition) is 5. The van der Waals surface area contributed by atoms with Crippen molar-refractivity contribution in [2.24, 2.45) is 0 Å². The van der Waals surface area contributed by atoms with Gasteiger partial charge in [-0.15, -0.1) is 0 Å². The summed E-state index contributed by atoms with van der Waals surface area (Å²) in [5, 5.41) is 11.4. The van der Waals surface area contributed by atoms with E-state index < -0.39 is 5.60 Å². The summed E-state index contributed by atoms with van der Waals surface area (Å²) in [5.41, 5.74) is 3.83. The van der Waals surface area contributed by atoms with Gasteiger partial charge in [0.15, 0.2) is 5.58 Å². The number of rotatable bonds is 4. The molecule has 0 saturated heterocycles. The van der Waals surface area contributed by atoms with Crippen molar-refractivity contribution >= 4 is 17.0 Å². The Morgan fingerprint density at radius 1 is 1.25 bits per heavy atom.